The van der Waals surface area contributed by atoms with Crippen molar-refractivity contribution in [2.24, 2.45) is 5.41 Å². The van der Waals surface area contributed by atoms with E-state index >= 15 is 0 Å². The Hall–Kier alpha value is -2.14. The van der Waals surface area contributed by atoms with Gasteiger partial charge in [0.05, 0.1) is 17.8 Å². The van der Waals surface area contributed by atoms with Gasteiger partial charge in [0, 0.05) is 18.7 Å². The van der Waals surface area contributed by atoms with Crippen LogP contribution in [0.5, 0.6) is 0 Å². The molecule has 1 aliphatic rings. The van der Waals surface area contributed by atoms with Crippen LogP contribution in [0.1, 0.15) is 50.1 Å². The largest absolute Gasteiger partial charge is 0.376 e. The van der Waals surface area contributed by atoms with Crippen LogP contribution in [-0.4, -0.2) is 28.3 Å². The molecular formula is C21H29N3O2. The van der Waals surface area contributed by atoms with Crippen molar-refractivity contribution in [3.05, 3.63) is 53.3 Å². The second kappa shape index (κ2) is 7.62. The van der Waals surface area contributed by atoms with E-state index in [9.17, 15) is 4.79 Å². The zero-order valence-electron chi connectivity index (χ0n) is 16.0. The summed E-state index contributed by atoms with van der Waals surface area (Å²) in [6, 6.07) is 12.4. The second-order valence-corrected chi connectivity index (χ2v) is 8.19. The first-order valence-electron chi connectivity index (χ1n) is 9.31. The molecule has 26 heavy (non-hydrogen) atoms. The van der Waals surface area contributed by atoms with Gasteiger partial charge in [-0.3, -0.25) is 9.89 Å². The molecular weight excluding hydrogens is 326 g/mol. The molecule has 5 nitrogen and oxygen atoms in total. The topological polar surface area (TPSA) is 67.0 Å². The number of aromatic amines is 1. The average Bonchev–Trinajstić information content (AvgIpc) is 2.98. The first-order valence-corrected chi connectivity index (χ1v) is 9.31. The maximum absolute atomic E-state index is 12.7. The lowest BCUT2D eigenvalue weighted by Gasteiger charge is -2.45. The van der Waals surface area contributed by atoms with Gasteiger partial charge < -0.3 is 10.1 Å². The molecule has 0 saturated carbocycles. The van der Waals surface area contributed by atoms with Gasteiger partial charge in [-0.2, -0.15) is 5.10 Å². The maximum Gasteiger partial charge on any atom is 0.220 e. The fraction of sp³-hybridized carbons (Fsp3) is 0.524. The van der Waals surface area contributed by atoms with Crippen LogP contribution in [-0.2, 0) is 22.5 Å². The highest BCUT2D eigenvalue weighted by molar-refractivity contribution is 5.76. The van der Waals surface area contributed by atoms with Gasteiger partial charge in [-0.1, -0.05) is 30.3 Å². The molecule has 1 fully saturated rings. The Kier molecular flexibility index (Phi) is 5.47. The first kappa shape index (κ1) is 18.6. The number of amides is 1. The van der Waals surface area contributed by atoms with Gasteiger partial charge in [-0.05, 0) is 57.1 Å². The third kappa shape index (κ3) is 4.94. The molecule has 2 heterocycles. The standard InChI is InChI=1S/C21H29N3O2/c1-16-11-18(24-23-16)14-22-19(25)13-21(9-10-26-20(2,3)15-21)12-17-7-5-4-6-8-17/h4-8,11H,9-10,12-15H2,1-3H3,(H,22,25)(H,23,24). The lowest BCUT2D eigenvalue weighted by atomic mass is 9.68. The number of hydrogen-bond donors (Lipinski definition) is 2. The predicted molar refractivity (Wildman–Crippen MR) is 102 cm³/mol. The number of hydrogen-bond acceptors (Lipinski definition) is 3. The molecule has 5 heteroatoms. The van der Waals surface area contributed by atoms with E-state index in [2.05, 4.69) is 53.6 Å². The Morgan fingerprint density at radius 1 is 1.31 bits per heavy atom. The van der Waals surface area contributed by atoms with Crippen molar-refractivity contribution in [1.29, 1.82) is 0 Å². The highest BCUT2D eigenvalue weighted by Crippen LogP contribution is 2.44. The van der Waals surface area contributed by atoms with Crippen LogP contribution in [0.3, 0.4) is 0 Å². The Morgan fingerprint density at radius 2 is 2.08 bits per heavy atom. The van der Waals surface area contributed by atoms with E-state index < -0.39 is 0 Å². The van der Waals surface area contributed by atoms with Crippen molar-refractivity contribution in [3.8, 4) is 0 Å². The van der Waals surface area contributed by atoms with Gasteiger partial charge in [0.25, 0.3) is 0 Å². The summed E-state index contributed by atoms with van der Waals surface area (Å²) in [6.07, 6.45) is 3.19. The van der Waals surface area contributed by atoms with Gasteiger partial charge in [0.1, 0.15) is 0 Å². The van der Waals surface area contributed by atoms with Crippen LogP contribution in [0.2, 0.25) is 0 Å². The first-order chi connectivity index (χ1) is 12.4. The minimum atomic E-state index is -0.202. The fourth-order valence-corrected chi connectivity index (χ4v) is 4.14. The monoisotopic (exact) mass is 355 g/mol. The van der Waals surface area contributed by atoms with Crippen molar-refractivity contribution in [2.45, 2.75) is 58.6 Å². The van der Waals surface area contributed by atoms with E-state index in [1.807, 2.05) is 19.1 Å². The zero-order chi connectivity index (χ0) is 18.6. The molecule has 1 atom stereocenters. The summed E-state index contributed by atoms with van der Waals surface area (Å²) in [6.45, 7) is 7.36. The molecule has 2 aromatic rings. The van der Waals surface area contributed by atoms with Crippen molar-refractivity contribution in [3.63, 3.8) is 0 Å². The maximum atomic E-state index is 12.7. The third-order valence-corrected chi connectivity index (χ3v) is 5.11. The minimum absolute atomic E-state index is 0.0747. The van der Waals surface area contributed by atoms with Crippen molar-refractivity contribution in [2.75, 3.05) is 6.61 Å². The van der Waals surface area contributed by atoms with Crippen LogP contribution in [0.25, 0.3) is 0 Å². The predicted octanol–water partition coefficient (Wildman–Crippen LogP) is 3.54. The van der Waals surface area contributed by atoms with Gasteiger partial charge in [0.2, 0.25) is 5.91 Å². The highest BCUT2D eigenvalue weighted by atomic mass is 16.5. The van der Waals surface area contributed by atoms with E-state index in [0.29, 0.717) is 19.6 Å². The van der Waals surface area contributed by atoms with E-state index in [4.69, 9.17) is 4.74 Å². The second-order valence-electron chi connectivity index (χ2n) is 8.19. The van der Waals surface area contributed by atoms with E-state index in [0.717, 1.165) is 30.7 Å². The number of aromatic nitrogens is 2. The molecule has 1 unspecified atom stereocenters. The number of aryl methyl sites for hydroxylation is 1. The normalized spacial score (nSPS) is 22.1. The van der Waals surface area contributed by atoms with Crippen LogP contribution >= 0.6 is 0 Å². The Balaban J connectivity index is 1.69. The number of carbonyl (C=O) groups is 1. The summed E-state index contributed by atoms with van der Waals surface area (Å²) < 4.78 is 5.93. The fourth-order valence-electron chi connectivity index (χ4n) is 4.14. The summed E-state index contributed by atoms with van der Waals surface area (Å²) in [7, 11) is 0. The Morgan fingerprint density at radius 3 is 2.73 bits per heavy atom. The zero-order valence-corrected chi connectivity index (χ0v) is 16.0. The van der Waals surface area contributed by atoms with Crippen molar-refractivity contribution in [1.82, 2.24) is 15.5 Å². The molecule has 0 radical (unpaired) electrons. The summed E-state index contributed by atoms with van der Waals surface area (Å²) in [5, 5.41) is 10.1. The van der Waals surface area contributed by atoms with Gasteiger partial charge in [-0.25, -0.2) is 0 Å². The van der Waals surface area contributed by atoms with Gasteiger partial charge in [0.15, 0.2) is 0 Å². The summed E-state index contributed by atoms with van der Waals surface area (Å²) in [4.78, 5) is 12.7. The SMILES string of the molecule is Cc1cc(CNC(=O)CC2(Cc3ccccc3)CCOC(C)(C)C2)n[nH]1. The Bertz CT molecular complexity index is 739. The average molecular weight is 355 g/mol. The third-order valence-electron chi connectivity index (χ3n) is 5.11. The highest BCUT2D eigenvalue weighted by Gasteiger charge is 2.42. The van der Waals surface area contributed by atoms with E-state index in [1.165, 1.54) is 5.56 Å². The molecule has 0 aliphatic carbocycles. The van der Waals surface area contributed by atoms with E-state index in [-0.39, 0.29) is 16.9 Å². The summed E-state index contributed by atoms with van der Waals surface area (Å²) in [5.41, 5.74) is 2.86. The molecule has 3 rings (SSSR count). The molecule has 1 amide bonds. The number of carbonyl (C=O) groups excluding carboxylic acids is 1. The van der Waals surface area contributed by atoms with Gasteiger partial charge in [-0.15, -0.1) is 0 Å². The molecule has 1 aliphatic heterocycles. The molecule has 140 valence electrons. The number of ether oxygens (including phenoxy) is 1. The summed E-state index contributed by atoms with van der Waals surface area (Å²) >= 11 is 0. The molecule has 1 aromatic carbocycles. The quantitative estimate of drug-likeness (QED) is 0.833. The number of benzene rings is 1. The minimum Gasteiger partial charge on any atom is -0.376 e. The lowest BCUT2D eigenvalue weighted by Crippen LogP contribution is -2.45. The molecule has 0 spiro atoms. The lowest BCUT2D eigenvalue weighted by molar-refractivity contribution is -0.133. The number of nitrogens with one attached hydrogen (secondary N) is 2. The molecule has 0 bridgehead atoms. The Labute approximate surface area is 155 Å². The number of rotatable bonds is 6. The van der Waals surface area contributed by atoms with Crippen molar-refractivity contribution < 1.29 is 9.53 Å². The van der Waals surface area contributed by atoms with Gasteiger partial charge >= 0.3 is 0 Å². The number of nitrogens with zero attached hydrogens (tertiary/aromatic N) is 1. The van der Waals surface area contributed by atoms with Crippen molar-refractivity contribution >= 4 is 5.91 Å². The van der Waals surface area contributed by atoms with Crippen LogP contribution in [0.4, 0.5) is 0 Å². The summed E-state index contributed by atoms with van der Waals surface area (Å²) in [5.74, 6) is 0.0827. The van der Waals surface area contributed by atoms with Crippen LogP contribution < -0.4 is 5.32 Å². The van der Waals surface area contributed by atoms with Crippen LogP contribution in [0.15, 0.2) is 36.4 Å². The van der Waals surface area contributed by atoms with Crippen LogP contribution in [0, 0.1) is 12.3 Å². The molecule has 1 saturated heterocycles. The number of H-pyrrole nitrogens is 1. The smallest absolute Gasteiger partial charge is 0.220 e. The molecule has 1 aromatic heterocycles. The van der Waals surface area contributed by atoms with E-state index in [1.54, 1.807) is 0 Å². The molecule has 2 N–H and O–H groups in total.